The van der Waals surface area contributed by atoms with E-state index >= 15 is 0 Å². The van der Waals surface area contributed by atoms with Gasteiger partial charge in [0.15, 0.2) is 0 Å². The van der Waals surface area contributed by atoms with E-state index in [0.29, 0.717) is 10.5 Å². The van der Waals surface area contributed by atoms with E-state index in [1.165, 1.54) is 0 Å². The van der Waals surface area contributed by atoms with E-state index < -0.39 is 14.5 Å². The highest BCUT2D eigenvalue weighted by atomic mass is 32.2. The van der Waals surface area contributed by atoms with E-state index in [1.54, 1.807) is 45.0 Å². The van der Waals surface area contributed by atoms with Gasteiger partial charge in [-0.25, -0.2) is 8.99 Å². The van der Waals surface area contributed by atoms with Crippen molar-refractivity contribution in [2.45, 2.75) is 37.0 Å². The van der Waals surface area contributed by atoms with Crippen molar-refractivity contribution >= 4 is 9.73 Å². The molecule has 0 bridgehead atoms. The van der Waals surface area contributed by atoms with E-state index in [-0.39, 0.29) is 6.61 Å². The van der Waals surface area contributed by atoms with E-state index in [1.807, 2.05) is 0 Å². The summed E-state index contributed by atoms with van der Waals surface area (Å²) in [6.07, 6.45) is 0. The summed E-state index contributed by atoms with van der Waals surface area (Å²) in [6, 6.07) is 6.79. The summed E-state index contributed by atoms with van der Waals surface area (Å²) in [5.74, 6) is 0. The second kappa shape index (κ2) is 3.94. The number of aliphatic hydroxyl groups is 1. The van der Waals surface area contributed by atoms with Gasteiger partial charge >= 0.3 is 0 Å². The predicted molar refractivity (Wildman–Crippen MR) is 61.2 cm³/mol. The summed E-state index contributed by atoms with van der Waals surface area (Å²) in [4.78, 5) is 0.488. The molecule has 0 spiro atoms. The monoisotopic (exact) mass is 227 g/mol. The highest BCUT2D eigenvalue weighted by molar-refractivity contribution is 7.93. The van der Waals surface area contributed by atoms with Crippen LogP contribution in [0.5, 0.6) is 0 Å². The first-order valence-corrected chi connectivity index (χ1v) is 6.33. The fourth-order valence-corrected chi connectivity index (χ4v) is 2.47. The van der Waals surface area contributed by atoms with Crippen LogP contribution in [-0.4, -0.2) is 14.1 Å². The Balaban J connectivity index is 3.29. The molecule has 0 radical (unpaired) electrons. The van der Waals surface area contributed by atoms with Crippen LogP contribution in [0.3, 0.4) is 0 Å². The maximum absolute atomic E-state index is 12.3. The van der Waals surface area contributed by atoms with Crippen LogP contribution in [0.2, 0.25) is 0 Å². The van der Waals surface area contributed by atoms with Gasteiger partial charge in [0.25, 0.3) is 0 Å². The Labute approximate surface area is 91.1 Å². The van der Waals surface area contributed by atoms with Crippen molar-refractivity contribution in [3.8, 4) is 0 Å². The van der Waals surface area contributed by atoms with Crippen molar-refractivity contribution in [1.82, 2.24) is 0 Å². The second-order valence-electron chi connectivity index (χ2n) is 4.47. The molecule has 0 aliphatic rings. The van der Waals surface area contributed by atoms with Crippen molar-refractivity contribution < 1.29 is 9.32 Å². The predicted octanol–water partition coefficient (Wildman–Crippen LogP) is 2.38. The molecular formula is C11H17NO2S. The van der Waals surface area contributed by atoms with Crippen LogP contribution >= 0.6 is 0 Å². The van der Waals surface area contributed by atoms with Gasteiger partial charge in [-0.2, -0.15) is 0 Å². The Morgan fingerprint density at radius 1 is 1.40 bits per heavy atom. The van der Waals surface area contributed by atoms with E-state index in [0.717, 1.165) is 0 Å². The zero-order valence-electron chi connectivity index (χ0n) is 9.28. The summed E-state index contributed by atoms with van der Waals surface area (Å²) in [5.41, 5.74) is 0.691. The van der Waals surface area contributed by atoms with Crippen LogP contribution in [0.1, 0.15) is 26.3 Å². The highest BCUT2D eigenvalue weighted by Gasteiger charge is 2.26. The molecule has 0 aromatic heterocycles. The Hall–Kier alpha value is -0.870. The molecule has 15 heavy (non-hydrogen) atoms. The van der Waals surface area contributed by atoms with E-state index in [9.17, 15) is 4.21 Å². The van der Waals surface area contributed by atoms with Crippen LogP contribution in [0.25, 0.3) is 0 Å². The summed E-state index contributed by atoms with van der Waals surface area (Å²) in [6.45, 7) is 5.27. The van der Waals surface area contributed by atoms with Gasteiger partial charge in [0.1, 0.15) is 0 Å². The molecule has 84 valence electrons. The molecule has 1 atom stereocenters. The van der Waals surface area contributed by atoms with Gasteiger partial charge in [-0.05, 0) is 38.5 Å². The zero-order chi connectivity index (χ0) is 11.7. The third kappa shape index (κ3) is 2.38. The normalized spacial score (nSPS) is 16.0. The van der Waals surface area contributed by atoms with Gasteiger partial charge in [0.2, 0.25) is 0 Å². The lowest BCUT2D eigenvalue weighted by atomic mass is 10.2. The van der Waals surface area contributed by atoms with Gasteiger partial charge in [0.05, 0.1) is 16.3 Å². The van der Waals surface area contributed by atoms with Crippen molar-refractivity contribution in [2.24, 2.45) is 0 Å². The van der Waals surface area contributed by atoms with Crippen LogP contribution in [0, 0.1) is 4.78 Å². The maximum Gasteiger partial charge on any atom is 0.0776 e. The summed E-state index contributed by atoms with van der Waals surface area (Å²) in [7, 11) is -2.82. The highest BCUT2D eigenvalue weighted by Crippen LogP contribution is 2.26. The molecule has 0 unspecified atom stereocenters. The fraction of sp³-hybridized carbons (Fsp3) is 0.455. The number of hydrogen-bond donors (Lipinski definition) is 2. The van der Waals surface area contributed by atoms with Gasteiger partial charge in [0, 0.05) is 9.64 Å². The lowest BCUT2D eigenvalue weighted by Crippen LogP contribution is -2.26. The fourth-order valence-electron chi connectivity index (χ4n) is 1.18. The Bertz CT molecular complexity index is 444. The lowest BCUT2D eigenvalue weighted by molar-refractivity contribution is 0.281. The zero-order valence-corrected chi connectivity index (χ0v) is 10.1. The number of aliphatic hydroxyl groups excluding tert-OH is 1. The summed E-state index contributed by atoms with van der Waals surface area (Å²) in [5, 5.41) is 8.98. The molecule has 0 aliphatic carbocycles. The third-order valence-corrected chi connectivity index (χ3v) is 4.92. The smallest absolute Gasteiger partial charge is 0.0776 e. The van der Waals surface area contributed by atoms with Crippen LogP contribution in [0.15, 0.2) is 29.2 Å². The van der Waals surface area contributed by atoms with E-state index in [4.69, 9.17) is 9.89 Å². The van der Waals surface area contributed by atoms with Crippen molar-refractivity contribution in [2.75, 3.05) is 0 Å². The molecule has 0 heterocycles. The Kier molecular flexibility index (Phi) is 3.21. The Morgan fingerprint density at radius 2 is 2.00 bits per heavy atom. The number of rotatable bonds is 2. The molecule has 4 heteroatoms. The van der Waals surface area contributed by atoms with E-state index in [2.05, 4.69) is 0 Å². The molecule has 0 saturated carbocycles. The number of benzene rings is 1. The minimum absolute atomic E-state index is 0.0898. The third-order valence-electron chi connectivity index (χ3n) is 2.28. The molecule has 1 rings (SSSR count). The van der Waals surface area contributed by atoms with Crippen molar-refractivity contribution in [3.05, 3.63) is 29.8 Å². The standard InChI is InChI=1S/C11H17NO2S/c1-11(2,3)15(12,14)10-6-4-5-9(7-10)8-13/h4-7,12-13H,8H2,1-3H3/t15-/m1/s1. The quantitative estimate of drug-likeness (QED) is 0.815. The van der Waals surface area contributed by atoms with Gasteiger partial charge in [-0.15, -0.1) is 0 Å². The minimum Gasteiger partial charge on any atom is -0.392 e. The maximum atomic E-state index is 12.3. The molecule has 1 aromatic rings. The van der Waals surface area contributed by atoms with Gasteiger partial charge in [-0.3, -0.25) is 0 Å². The number of nitrogens with one attached hydrogen (secondary N) is 1. The van der Waals surface area contributed by atoms with Crippen LogP contribution < -0.4 is 0 Å². The topological polar surface area (TPSA) is 61.2 Å². The summed E-state index contributed by atoms with van der Waals surface area (Å²) >= 11 is 0. The average Bonchev–Trinajstić information content (AvgIpc) is 2.16. The molecule has 3 nitrogen and oxygen atoms in total. The molecule has 1 aromatic carbocycles. The first kappa shape index (κ1) is 12.2. The molecule has 0 amide bonds. The van der Waals surface area contributed by atoms with Gasteiger partial charge < -0.3 is 5.11 Å². The van der Waals surface area contributed by atoms with Crippen LogP contribution in [0.4, 0.5) is 0 Å². The summed E-state index contributed by atoms with van der Waals surface area (Å²) < 4.78 is 19.6. The first-order valence-electron chi connectivity index (χ1n) is 4.77. The second-order valence-corrected chi connectivity index (χ2v) is 7.28. The first-order chi connectivity index (χ1) is 6.79. The SMILES string of the molecule is CC(C)(C)[S@](=N)(=O)c1cccc(CO)c1. The largest absolute Gasteiger partial charge is 0.392 e. The number of hydrogen-bond acceptors (Lipinski definition) is 3. The Morgan fingerprint density at radius 3 is 2.47 bits per heavy atom. The van der Waals surface area contributed by atoms with Crippen molar-refractivity contribution in [3.63, 3.8) is 0 Å². The lowest BCUT2D eigenvalue weighted by Gasteiger charge is -2.22. The van der Waals surface area contributed by atoms with Crippen LogP contribution in [-0.2, 0) is 16.3 Å². The molecule has 0 saturated heterocycles. The average molecular weight is 227 g/mol. The molecule has 0 fully saturated rings. The minimum atomic E-state index is -2.82. The molecular weight excluding hydrogens is 210 g/mol. The molecule has 2 N–H and O–H groups in total. The van der Waals surface area contributed by atoms with Crippen molar-refractivity contribution in [1.29, 1.82) is 4.78 Å². The van der Waals surface area contributed by atoms with Gasteiger partial charge in [-0.1, -0.05) is 12.1 Å². The molecule has 0 aliphatic heterocycles.